The summed E-state index contributed by atoms with van der Waals surface area (Å²) in [6, 6.07) is 25.5. The van der Waals surface area contributed by atoms with Crippen LogP contribution in [0.1, 0.15) is 5.56 Å². The fourth-order valence-electron chi connectivity index (χ4n) is 2.78. The van der Waals surface area contributed by atoms with Gasteiger partial charge in [0.05, 0.1) is 12.0 Å². The number of hydroxylamine groups is 1. The van der Waals surface area contributed by atoms with E-state index in [1.165, 1.54) is 0 Å². The lowest BCUT2D eigenvalue weighted by Gasteiger charge is -2.07. The molecule has 0 atom stereocenters. The molecule has 0 saturated carbocycles. The molecular weight excluding hydrogens is 312 g/mol. The molecule has 0 unspecified atom stereocenters. The fraction of sp³-hybridized carbons (Fsp3) is 0. The van der Waals surface area contributed by atoms with Crippen molar-refractivity contribution in [2.45, 2.75) is 0 Å². The van der Waals surface area contributed by atoms with E-state index in [1.807, 2.05) is 66.7 Å². The maximum atomic E-state index is 9.55. The average molecular weight is 328 g/mol. The second kappa shape index (κ2) is 6.63. The van der Waals surface area contributed by atoms with E-state index in [1.54, 1.807) is 6.26 Å². The second-order valence-electron chi connectivity index (χ2n) is 5.66. The van der Waals surface area contributed by atoms with Crippen LogP contribution in [-0.2, 0) is 0 Å². The number of benzene rings is 3. The van der Waals surface area contributed by atoms with Gasteiger partial charge in [-0.15, -0.1) is 0 Å². The SMILES string of the molecule is ONC(=Nc1cccc(-c2ccccc2)c1)c1ccc2occc2c1. The standard InChI is InChI=1S/C21H16N2O2/c24-23-21(18-9-10-20-17(13-18)11-12-25-20)22-19-8-4-7-16(14-19)15-5-2-1-3-6-15/h1-14,24H,(H,22,23). The van der Waals surface area contributed by atoms with E-state index in [0.29, 0.717) is 5.84 Å². The number of rotatable bonds is 3. The lowest BCUT2D eigenvalue weighted by atomic mass is 10.1. The van der Waals surface area contributed by atoms with Gasteiger partial charge < -0.3 is 4.42 Å². The smallest absolute Gasteiger partial charge is 0.157 e. The largest absolute Gasteiger partial charge is 0.464 e. The number of aliphatic imine (C=N–C) groups is 1. The van der Waals surface area contributed by atoms with Crippen LogP contribution in [0.5, 0.6) is 0 Å². The molecule has 4 aromatic rings. The maximum Gasteiger partial charge on any atom is 0.157 e. The van der Waals surface area contributed by atoms with Crippen LogP contribution >= 0.6 is 0 Å². The molecule has 0 radical (unpaired) electrons. The van der Waals surface area contributed by atoms with E-state index in [-0.39, 0.29) is 0 Å². The molecule has 3 aromatic carbocycles. The first-order valence-corrected chi connectivity index (χ1v) is 7.95. The number of amidine groups is 1. The Hall–Kier alpha value is -3.37. The molecular formula is C21H16N2O2. The summed E-state index contributed by atoms with van der Waals surface area (Å²) in [5, 5.41) is 10.5. The number of hydrogen-bond donors (Lipinski definition) is 2. The van der Waals surface area contributed by atoms with Crippen molar-refractivity contribution in [1.82, 2.24) is 5.48 Å². The Bertz CT molecular complexity index is 1040. The average Bonchev–Trinajstić information content (AvgIpc) is 3.15. The highest BCUT2D eigenvalue weighted by molar-refractivity contribution is 6.02. The highest BCUT2D eigenvalue weighted by Crippen LogP contribution is 2.25. The molecule has 4 nitrogen and oxygen atoms in total. The van der Waals surface area contributed by atoms with E-state index < -0.39 is 0 Å². The molecule has 25 heavy (non-hydrogen) atoms. The van der Waals surface area contributed by atoms with Crippen LogP contribution in [0, 0.1) is 0 Å². The summed E-state index contributed by atoms with van der Waals surface area (Å²) in [6.07, 6.45) is 1.64. The summed E-state index contributed by atoms with van der Waals surface area (Å²) in [5.74, 6) is 0.383. The van der Waals surface area contributed by atoms with Crippen molar-refractivity contribution in [3.8, 4) is 11.1 Å². The first kappa shape index (κ1) is 15.2. The van der Waals surface area contributed by atoms with E-state index in [0.717, 1.165) is 33.3 Å². The van der Waals surface area contributed by atoms with Crippen molar-refractivity contribution >= 4 is 22.5 Å². The summed E-state index contributed by atoms with van der Waals surface area (Å²) in [6.45, 7) is 0. The Morgan fingerprint density at radius 1 is 0.840 bits per heavy atom. The number of hydrogen-bond acceptors (Lipinski definition) is 3. The molecule has 0 spiro atoms. The van der Waals surface area contributed by atoms with Gasteiger partial charge in [0.2, 0.25) is 0 Å². The second-order valence-corrected chi connectivity index (χ2v) is 5.66. The highest BCUT2D eigenvalue weighted by atomic mass is 16.5. The third-order valence-corrected chi connectivity index (χ3v) is 4.03. The monoisotopic (exact) mass is 328 g/mol. The molecule has 0 bridgehead atoms. The van der Waals surface area contributed by atoms with Crippen molar-refractivity contribution in [2.75, 3.05) is 0 Å². The molecule has 4 rings (SSSR count). The van der Waals surface area contributed by atoms with Gasteiger partial charge in [-0.05, 0) is 47.5 Å². The molecule has 2 N–H and O–H groups in total. The molecule has 1 aromatic heterocycles. The zero-order chi connectivity index (χ0) is 17.1. The van der Waals surface area contributed by atoms with Crippen molar-refractivity contribution in [3.63, 3.8) is 0 Å². The molecule has 0 aliphatic heterocycles. The van der Waals surface area contributed by atoms with E-state index in [9.17, 15) is 5.21 Å². The van der Waals surface area contributed by atoms with Gasteiger partial charge >= 0.3 is 0 Å². The van der Waals surface area contributed by atoms with Crippen molar-refractivity contribution in [1.29, 1.82) is 0 Å². The molecule has 0 amide bonds. The Labute approximate surface area is 145 Å². The minimum absolute atomic E-state index is 0.383. The van der Waals surface area contributed by atoms with Crippen LogP contribution in [0.3, 0.4) is 0 Å². The third-order valence-electron chi connectivity index (χ3n) is 4.03. The molecule has 122 valence electrons. The van der Waals surface area contributed by atoms with Crippen molar-refractivity contribution in [2.24, 2.45) is 4.99 Å². The minimum atomic E-state index is 0.383. The molecule has 0 aliphatic carbocycles. The number of nitrogens with zero attached hydrogens (tertiary/aromatic N) is 1. The first-order valence-electron chi connectivity index (χ1n) is 7.95. The zero-order valence-corrected chi connectivity index (χ0v) is 13.4. The topological polar surface area (TPSA) is 57.8 Å². The summed E-state index contributed by atoms with van der Waals surface area (Å²) in [5.41, 5.74) is 6.73. The lowest BCUT2D eigenvalue weighted by Crippen LogP contribution is -2.19. The highest BCUT2D eigenvalue weighted by Gasteiger charge is 2.06. The molecule has 4 heteroatoms. The Balaban J connectivity index is 1.72. The summed E-state index contributed by atoms with van der Waals surface area (Å²) < 4.78 is 5.35. The molecule has 0 fully saturated rings. The van der Waals surface area contributed by atoms with Gasteiger partial charge in [-0.2, -0.15) is 0 Å². The summed E-state index contributed by atoms with van der Waals surface area (Å²) in [4.78, 5) is 4.55. The normalized spacial score (nSPS) is 11.6. The number of fused-ring (bicyclic) bond motifs is 1. The van der Waals surface area contributed by atoms with Gasteiger partial charge in [0.15, 0.2) is 5.84 Å². The van der Waals surface area contributed by atoms with E-state index in [4.69, 9.17) is 4.42 Å². The number of nitrogens with one attached hydrogen (secondary N) is 1. The van der Waals surface area contributed by atoms with Crippen LogP contribution in [0.4, 0.5) is 5.69 Å². The van der Waals surface area contributed by atoms with Gasteiger partial charge in [0.1, 0.15) is 5.58 Å². The summed E-state index contributed by atoms with van der Waals surface area (Å²) >= 11 is 0. The van der Waals surface area contributed by atoms with Gasteiger partial charge in [-0.3, -0.25) is 10.7 Å². The van der Waals surface area contributed by atoms with Gasteiger partial charge in [0, 0.05) is 10.9 Å². The Morgan fingerprint density at radius 2 is 1.68 bits per heavy atom. The molecule has 1 heterocycles. The van der Waals surface area contributed by atoms with Gasteiger partial charge in [0.25, 0.3) is 0 Å². The van der Waals surface area contributed by atoms with Crippen LogP contribution < -0.4 is 5.48 Å². The zero-order valence-electron chi connectivity index (χ0n) is 13.4. The van der Waals surface area contributed by atoms with Crippen LogP contribution in [0.2, 0.25) is 0 Å². The van der Waals surface area contributed by atoms with Crippen molar-refractivity contribution in [3.05, 3.63) is 90.7 Å². The lowest BCUT2D eigenvalue weighted by molar-refractivity contribution is 0.235. The Morgan fingerprint density at radius 3 is 2.52 bits per heavy atom. The Kier molecular flexibility index (Phi) is 4.02. The molecule has 0 aliphatic rings. The van der Waals surface area contributed by atoms with E-state index >= 15 is 0 Å². The number of furan rings is 1. The van der Waals surface area contributed by atoms with E-state index in [2.05, 4.69) is 22.6 Å². The molecule has 0 saturated heterocycles. The van der Waals surface area contributed by atoms with Crippen LogP contribution in [0.25, 0.3) is 22.1 Å². The van der Waals surface area contributed by atoms with Gasteiger partial charge in [-0.1, -0.05) is 42.5 Å². The predicted octanol–water partition coefficient (Wildman–Crippen LogP) is 5.16. The van der Waals surface area contributed by atoms with Crippen molar-refractivity contribution < 1.29 is 9.62 Å². The van der Waals surface area contributed by atoms with Crippen LogP contribution in [-0.4, -0.2) is 11.0 Å². The predicted molar refractivity (Wildman–Crippen MR) is 99.2 cm³/mol. The fourth-order valence-corrected chi connectivity index (χ4v) is 2.78. The third kappa shape index (κ3) is 3.16. The minimum Gasteiger partial charge on any atom is -0.464 e. The van der Waals surface area contributed by atoms with Crippen LogP contribution in [0.15, 0.2) is 94.5 Å². The quantitative estimate of drug-likeness (QED) is 0.310. The summed E-state index contributed by atoms with van der Waals surface area (Å²) in [7, 11) is 0. The first-order chi connectivity index (χ1) is 12.3. The maximum absolute atomic E-state index is 9.55. The van der Waals surface area contributed by atoms with Gasteiger partial charge in [-0.25, -0.2) is 4.99 Å².